The molecule has 0 bridgehead atoms. The standard InChI is InChI=1S/C15H15NO3/c1-18-13-7-6-10-4-2-3-5-11(10)14(13)12-8-9-19-15(17)16-12/h2-7,12H,8-9H2,1H3,(H,16,17)/t12-/m1/s1. The van der Waals surface area contributed by atoms with E-state index >= 15 is 0 Å². The van der Waals surface area contributed by atoms with E-state index in [9.17, 15) is 4.79 Å². The number of benzene rings is 2. The average Bonchev–Trinajstić information content (AvgIpc) is 2.46. The Balaban J connectivity index is 2.16. The normalized spacial score (nSPS) is 18.8. The molecule has 2 aromatic carbocycles. The lowest BCUT2D eigenvalue weighted by atomic mass is 9.95. The van der Waals surface area contributed by atoms with Gasteiger partial charge in [-0.1, -0.05) is 30.3 Å². The molecule has 0 saturated carbocycles. The Bertz CT molecular complexity index is 624. The summed E-state index contributed by atoms with van der Waals surface area (Å²) in [5.41, 5.74) is 1.03. The second kappa shape index (κ2) is 4.80. The van der Waals surface area contributed by atoms with Crippen molar-refractivity contribution in [2.75, 3.05) is 13.7 Å². The Hall–Kier alpha value is -2.23. The summed E-state index contributed by atoms with van der Waals surface area (Å²) in [4.78, 5) is 11.4. The zero-order valence-electron chi connectivity index (χ0n) is 10.7. The fourth-order valence-corrected chi connectivity index (χ4v) is 2.56. The number of carbonyl (C=O) groups is 1. The summed E-state index contributed by atoms with van der Waals surface area (Å²) in [6.45, 7) is 0.433. The first-order chi connectivity index (χ1) is 9.29. The van der Waals surface area contributed by atoms with Gasteiger partial charge in [-0.15, -0.1) is 0 Å². The first-order valence-electron chi connectivity index (χ1n) is 6.28. The maximum atomic E-state index is 11.4. The molecule has 1 N–H and O–H groups in total. The summed E-state index contributed by atoms with van der Waals surface area (Å²) >= 11 is 0. The van der Waals surface area contributed by atoms with Gasteiger partial charge in [-0.2, -0.15) is 0 Å². The molecule has 4 nitrogen and oxygen atoms in total. The topological polar surface area (TPSA) is 47.6 Å². The molecule has 0 aromatic heterocycles. The number of cyclic esters (lactones) is 1. The number of hydrogen-bond donors (Lipinski definition) is 1. The number of amides is 1. The molecule has 19 heavy (non-hydrogen) atoms. The van der Waals surface area contributed by atoms with E-state index in [1.807, 2.05) is 24.3 Å². The molecule has 1 heterocycles. The molecular weight excluding hydrogens is 242 g/mol. The Kier molecular flexibility index (Phi) is 2.99. The minimum atomic E-state index is -0.369. The molecule has 2 aromatic rings. The lowest BCUT2D eigenvalue weighted by Gasteiger charge is -2.26. The minimum Gasteiger partial charge on any atom is -0.496 e. The van der Waals surface area contributed by atoms with Crippen molar-refractivity contribution in [3.63, 3.8) is 0 Å². The van der Waals surface area contributed by atoms with Gasteiger partial charge >= 0.3 is 6.09 Å². The summed E-state index contributed by atoms with van der Waals surface area (Å²) in [5.74, 6) is 0.797. The van der Waals surface area contributed by atoms with Crippen LogP contribution in [-0.4, -0.2) is 19.8 Å². The van der Waals surface area contributed by atoms with Gasteiger partial charge in [0.15, 0.2) is 0 Å². The predicted octanol–water partition coefficient (Wildman–Crippen LogP) is 3.02. The van der Waals surface area contributed by atoms with Crippen molar-refractivity contribution < 1.29 is 14.3 Å². The van der Waals surface area contributed by atoms with Gasteiger partial charge in [0, 0.05) is 12.0 Å². The smallest absolute Gasteiger partial charge is 0.407 e. The number of alkyl carbamates (subject to hydrolysis) is 1. The summed E-state index contributed by atoms with van der Waals surface area (Å²) in [5, 5.41) is 5.10. The summed E-state index contributed by atoms with van der Waals surface area (Å²) in [6, 6.07) is 12.0. The van der Waals surface area contributed by atoms with E-state index in [4.69, 9.17) is 9.47 Å². The van der Waals surface area contributed by atoms with Gasteiger partial charge in [-0.3, -0.25) is 0 Å². The van der Waals surface area contributed by atoms with E-state index in [0.29, 0.717) is 6.61 Å². The van der Waals surface area contributed by atoms with Crippen molar-refractivity contribution >= 4 is 16.9 Å². The first-order valence-corrected chi connectivity index (χ1v) is 6.28. The number of ether oxygens (including phenoxy) is 2. The van der Waals surface area contributed by atoms with Crippen molar-refractivity contribution in [3.05, 3.63) is 42.0 Å². The molecule has 1 fully saturated rings. The molecule has 3 rings (SSSR count). The van der Waals surface area contributed by atoms with Crippen molar-refractivity contribution in [2.45, 2.75) is 12.5 Å². The molecule has 1 saturated heterocycles. The molecule has 4 heteroatoms. The predicted molar refractivity (Wildman–Crippen MR) is 72.3 cm³/mol. The van der Waals surface area contributed by atoms with E-state index in [1.165, 1.54) is 0 Å². The van der Waals surface area contributed by atoms with Crippen LogP contribution in [0.5, 0.6) is 5.75 Å². The van der Waals surface area contributed by atoms with Crippen LogP contribution in [0.4, 0.5) is 4.79 Å². The zero-order valence-corrected chi connectivity index (χ0v) is 10.7. The maximum Gasteiger partial charge on any atom is 0.407 e. The van der Waals surface area contributed by atoms with Crippen LogP contribution in [0.25, 0.3) is 10.8 Å². The van der Waals surface area contributed by atoms with Crippen LogP contribution in [0, 0.1) is 0 Å². The second-order valence-corrected chi connectivity index (χ2v) is 4.52. The molecule has 1 atom stereocenters. The minimum absolute atomic E-state index is 0.0673. The highest BCUT2D eigenvalue weighted by atomic mass is 16.6. The third-order valence-electron chi connectivity index (χ3n) is 3.43. The summed E-state index contributed by atoms with van der Waals surface area (Å²) in [6.07, 6.45) is 0.377. The van der Waals surface area contributed by atoms with Crippen LogP contribution in [-0.2, 0) is 4.74 Å². The van der Waals surface area contributed by atoms with Crippen molar-refractivity contribution in [2.24, 2.45) is 0 Å². The molecule has 98 valence electrons. The van der Waals surface area contributed by atoms with Crippen molar-refractivity contribution in [3.8, 4) is 5.75 Å². The molecular formula is C15H15NO3. The molecule has 1 aliphatic heterocycles. The third kappa shape index (κ3) is 2.10. The van der Waals surface area contributed by atoms with Gasteiger partial charge in [0.2, 0.25) is 0 Å². The van der Waals surface area contributed by atoms with Crippen LogP contribution >= 0.6 is 0 Å². The Morgan fingerprint density at radius 1 is 1.26 bits per heavy atom. The lowest BCUT2D eigenvalue weighted by molar-refractivity contribution is 0.115. The van der Waals surface area contributed by atoms with Gasteiger partial charge in [-0.25, -0.2) is 4.79 Å². The molecule has 1 amide bonds. The number of methoxy groups -OCH3 is 1. The van der Waals surface area contributed by atoms with Gasteiger partial charge in [-0.05, 0) is 16.8 Å². The number of rotatable bonds is 2. The quantitative estimate of drug-likeness (QED) is 0.899. The van der Waals surface area contributed by atoms with E-state index in [-0.39, 0.29) is 12.1 Å². The van der Waals surface area contributed by atoms with Crippen LogP contribution in [0.1, 0.15) is 18.0 Å². The number of fused-ring (bicyclic) bond motifs is 1. The molecule has 0 unspecified atom stereocenters. The third-order valence-corrected chi connectivity index (χ3v) is 3.43. The zero-order chi connectivity index (χ0) is 13.2. The van der Waals surface area contributed by atoms with Crippen LogP contribution in [0.15, 0.2) is 36.4 Å². The van der Waals surface area contributed by atoms with Crippen LogP contribution in [0.2, 0.25) is 0 Å². The SMILES string of the molecule is COc1ccc2ccccc2c1[C@H]1CCOC(=O)N1. The van der Waals surface area contributed by atoms with Gasteiger partial charge in [0.25, 0.3) is 0 Å². The average molecular weight is 257 g/mol. The monoisotopic (exact) mass is 257 g/mol. The summed E-state index contributed by atoms with van der Waals surface area (Å²) in [7, 11) is 1.65. The van der Waals surface area contributed by atoms with Gasteiger partial charge in [0.1, 0.15) is 5.75 Å². The van der Waals surface area contributed by atoms with Crippen molar-refractivity contribution in [1.82, 2.24) is 5.32 Å². The molecule has 0 aliphatic carbocycles. The van der Waals surface area contributed by atoms with E-state index < -0.39 is 0 Å². The summed E-state index contributed by atoms with van der Waals surface area (Å²) < 4.78 is 10.4. The highest BCUT2D eigenvalue weighted by molar-refractivity contribution is 5.88. The number of carbonyl (C=O) groups excluding carboxylic acids is 1. The maximum absolute atomic E-state index is 11.4. The van der Waals surface area contributed by atoms with Gasteiger partial charge < -0.3 is 14.8 Å². The lowest BCUT2D eigenvalue weighted by Crippen LogP contribution is -2.35. The van der Waals surface area contributed by atoms with E-state index in [0.717, 1.165) is 28.5 Å². The Morgan fingerprint density at radius 2 is 2.11 bits per heavy atom. The van der Waals surface area contributed by atoms with E-state index in [1.54, 1.807) is 7.11 Å². The first kappa shape index (κ1) is 11.8. The highest BCUT2D eigenvalue weighted by Gasteiger charge is 2.25. The molecule has 1 aliphatic rings. The largest absolute Gasteiger partial charge is 0.496 e. The van der Waals surface area contributed by atoms with Crippen LogP contribution < -0.4 is 10.1 Å². The van der Waals surface area contributed by atoms with E-state index in [2.05, 4.69) is 17.4 Å². The second-order valence-electron chi connectivity index (χ2n) is 4.52. The van der Waals surface area contributed by atoms with Crippen molar-refractivity contribution in [1.29, 1.82) is 0 Å². The molecule has 0 spiro atoms. The van der Waals surface area contributed by atoms with Gasteiger partial charge in [0.05, 0.1) is 19.8 Å². The van der Waals surface area contributed by atoms with Crippen LogP contribution in [0.3, 0.4) is 0 Å². The highest BCUT2D eigenvalue weighted by Crippen LogP contribution is 2.35. The Labute approximate surface area is 111 Å². The fourth-order valence-electron chi connectivity index (χ4n) is 2.56. The molecule has 0 radical (unpaired) electrons. The fraction of sp³-hybridized carbons (Fsp3) is 0.267. The Morgan fingerprint density at radius 3 is 2.89 bits per heavy atom. The number of hydrogen-bond acceptors (Lipinski definition) is 3. The number of nitrogens with one attached hydrogen (secondary N) is 1.